The van der Waals surface area contributed by atoms with E-state index in [9.17, 15) is 4.21 Å². The molecular weight excluding hydrogens is 120 g/mol. The van der Waals surface area contributed by atoms with E-state index in [0.717, 1.165) is 0 Å². The molecule has 0 N–H and O–H groups in total. The van der Waals surface area contributed by atoms with Gasteiger partial charge in [-0.3, -0.25) is 4.21 Å². The summed E-state index contributed by atoms with van der Waals surface area (Å²) >= 11 is 0. The van der Waals surface area contributed by atoms with Crippen LogP contribution in [0.25, 0.3) is 0 Å². The number of halogens is 1. The molecule has 0 fully saturated rings. The van der Waals surface area contributed by atoms with E-state index in [1.807, 2.05) is 0 Å². The van der Waals surface area contributed by atoms with Crippen molar-refractivity contribution in [2.24, 2.45) is 0 Å². The Kier molecular flexibility index (Phi) is 1.94. The lowest BCUT2D eigenvalue weighted by molar-refractivity contribution is 0.692. The zero-order chi connectivity index (χ0) is 5.21. The molecule has 0 aliphatic carbocycles. The van der Waals surface area contributed by atoms with Gasteiger partial charge in [0, 0.05) is 15.0 Å². The molecule has 0 amide bonds. The summed E-state index contributed by atoms with van der Waals surface area (Å²) < 4.78 is 10.3. The zero-order valence-electron chi connectivity index (χ0n) is 3.77. The molecule has 0 aliphatic heterocycles. The van der Waals surface area contributed by atoms with Crippen LogP contribution in [0.4, 0.5) is 0 Å². The maximum absolute atomic E-state index is 10.3. The van der Waals surface area contributed by atoms with Gasteiger partial charge < -0.3 is 0 Å². The first-order valence-electron chi connectivity index (χ1n) is 1.54. The minimum atomic E-state index is -2.06. The molecule has 38 valence electrons. The normalized spacial score (nSPS) is 19.2. The summed E-state index contributed by atoms with van der Waals surface area (Å²) in [4.78, 5) is 0. The highest BCUT2D eigenvalue weighted by Crippen LogP contribution is 1.87. The molecule has 0 aromatic carbocycles. The Morgan fingerprint density at radius 3 is 2.00 bits per heavy atom. The minimum Gasteiger partial charge on any atom is -0.253 e. The molecule has 0 bridgehead atoms. The van der Waals surface area contributed by atoms with E-state index < -0.39 is 8.74 Å². The summed E-state index contributed by atoms with van der Waals surface area (Å²) in [6.07, 6.45) is 1.48. The van der Waals surface area contributed by atoms with Gasteiger partial charge >= 0.3 is 0 Å². The molecule has 1 unspecified atom stereocenters. The molecule has 0 spiro atoms. The Morgan fingerprint density at radius 2 is 2.00 bits per heavy atom. The molecule has 6 heavy (non-hydrogen) atoms. The Hall–Kier alpha value is 0.310. The lowest BCUT2D eigenvalue weighted by Gasteiger charge is -1.80. The smallest absolute Gasteiger partial charge is 0.0477 e. The summed E-state index contributed by atoms with van der Waals surface area (Å²) in [6, 6.07) is 0. The molecule has 0 heterocycles. The van der Waals surface area contributed by atoms with Crippen LogP contribution >= 0.6 is 10.7 Å². The van der Waals surface area contributed by atoms with Gasteiger partial charge in [-0.2, -0.15) is 0 Å². The van der Waals surface area contributed by atoms with E-state index in [4.69, 9.17) is 10.7 Å². The van der Waals surface area contributed by atoms with Crippen molar-refractivity contribution in [3.63, 3.8) is 0 Å². The molecule has 0 rings (SSSR count). The quantitative estimate of drug-likeness (QED) is 0.348. The van der Waals surface area contributed by atoms with Gasteiger partial charge in [-0.25, -0.2) is 0 Å². The molecule has 0 radical (unpaired) electrons. The number of rotatable bonds is 0. The summed E-state index contributed by atoms with van der Waals surface area (Å²) in [5.41, 5.74) is 0. The lowest BCUT2D eigenvalue weighted by atomic mass is 11.0. The van der Waals surface area contributed by atoms with Crippen LogP contribution in [0.1, 0.15) is 6.92 Å². The average molecular weight is 127 g/mol. The van der Waals surface area contributed by atoms with Gasteiger partial charge in [-0.05, 0) is 23.0 Å². The van der Waals surface area contributed by atoms with Crippen LogP contribution in [0, 0.1) is 0 Å². The Labute approximate surface area is 42.8 Å². The Bertz CT molecular complexity index is 124. The van der Waals surface area contributed by atoms with Crippen LogP contribution in [0.3, 0.4) is 0 Å². The van der Waals surface area contributed by atoms with Crippen molar-refractivity contribution < 1.29 is 4.21 Å². The second-order valence-electron chi connectivity index (χ2n) is 1.04. The molecule has 0 saturated heterocycles. The van der Waals surface area contributed by atoms with Crippen molar-refractivity contribution in [2.75, 3.05) is 6.26 Å². The van der Waals surface area contributed by atoms with Gasteiger partial charge in [0.25, 0.3) is 0 Å². The van der Waals surface area contributed by atoms with Crippen molar-refractivity contribution in [1.82, 2.24) is 0 Å². The predicted octanol–water partition coefficient (Wildman–Crippen LogP) is 0.877. The highest BCUT2D eigenvalue weighted by atomic mass is 35.7. The van der Waals surface area contributed by atoms with Crippen molar-refractivity contribution in [3.05, 3.63) is 0 Å². The largest absolute Gasteiger partial charge is 0.253 e. The van der Waals surface area contributed by atoms with Crippen LogP contribution in [0.15, 0.2) is 0 Å². The average Bonchev–Trinajstić information content (AvgIpc) is 1.35. The van der Waals surface area contributed by atoms with Crippen molar-refractivity contribution >= 4 is 24.8 Å². The third kappa shape index (κ3) is 4.31. The fourth-order valence-electron chi connectivity index (χ4n) is 0. The molecule has 0 aliphatic rings. The number of hydrogen-bond acceptors (Lipinski definition) is 1. The van der Waals surface area contributed by atoms with Crippen LogP contribution < -0.4 is 0 Å². The molecule has 0 aromatic rings. The monoisotopic (exact) mass is 126 g/mol. The van der Waals surface area contributed by atoms with Crippen molar-refractivity contribution in [3.8, 4) is 0 Å². The van der Waals surface area contributed by atoms with E-state index in [0.29, 0.717) is 0 Å². The van der Waals surface area contributed by atoms with E-state index in [1.165, 1.54) is 11.6 Å². The summed E-state index contributed by atoms with van der Waals surface area (Å²) in [7, 11) is 3.12. The van der Waals surface area contributed by atoms with Gasteiger partial charge in [-0.1, -0.05) is 0 Å². The van der Waals surface area contributed by atoms with Gasteiger partial charge in [0.1, 0.15) is 0 Å². The van der Waals surface area contributed by atoms with Crippen molar-refractivity contribution in [1.29, 1.82) is 0 Å². The second-order valence-corrected chi connectivity index (χ2v) is 4.96. The molecule has 1 atom stereocenters. The lowest BCUT2D eigenvalue weighted by Crippen LogP contribution is -1.83. The first-order chi connectivity index (χ1) is 2.56. The van der Waals surface area contributed by atoms with Crippen LogP contribution in [-0.4, -0.2) is 15.8 Å². The Morgan fingerprint density at radius 1 is 1.83 bits per heavy atom. The standard InChI is InChI=1S/C3H7ClOS/c1-3-6(2,4)5/h3H,1-2H3. The van der Waals surface area contributed by atoms with E-state index in [2.05, 4.69) is 0 Å². The highest BCUT2D eigenvalue weighted by molar-refractivity contribution is 8.21. The van der Waals surface area contributed by atoms with Gasteiger partial charge in [0.15, 0.2) is 0 Å². The molecule has 1 nitrogen and oxygen atoms in total. The van der Waals surface area contributed by atoms with E-state index in [-0.39, 0.29) is 0 Å². The fraction of sp³-hybridized carbons (Fsp3) is 0.667. The van der Waals surface area contributed by atoms with Crippen LogP contribution in [-0.2, 0) is 8.74 Å². The summed E-state index contributed by atoms with van der Waals surface area (Å²) in [6.45, 7) is 1.68. The highest BCUT2D eigenvalue weighted by Gasteiger charge is 1.80. The van der Waals surface area contributed by atoms with Crippen molar-refractivity contribution in [2.45, 2.75) is 6.92 Å². The molecule has 0 saturated carbocycles. The van der Waals surface area contributed by atoms with Gasteiger partial charge in [0.05, 0.1) is 0 Å². The third-order valence-electron chi connectivity index (χ3n) is 0.421. The summed E-state index contributed by atoms with van der Waals surface area (Å²) in [5, 5.41) is 1.48. The van der Waals surface area contributed by atoms with Crippen LogP contribution in [0.5, 0.6) is 0 Å². The summed E-state index contributed by atoms with van der Waals surface area (Å²) in [5.74, 6) is 0. The van der Waals surface area contributed by atoms with Gasteiger partial charge in [-0.15, -0.1) is 0 Å². The number of hydrogen-bond donors (Lipinski definition) is 0. The van der Waals surface area contributed by atoms with E-state index in [1.54, 1.807) is 6.92 Å². The fourth-order valence-corrected chi connectivity index (χ4v) is 0. The molecule has 0 aromatic heterocycles. The maximum Gasteiger partial charge on any atom is 0.0477 e. The molecule has 3 heteroatoms. The minimum absolute atomic E-state index is 1.48. The zero-order valence-corrected chi connectivity index (χ0v) is 5.34. The van der Waals surface area contributed by atoms with Crippen LogP contribution in [0.2, 0.25) is 0 Å². The third-order valence-corrected chi connectivity index (χ3v) is 1.80. The van der Waals surface area contributed by atoms with Gasteiger partial charge in [0.2, 0.25) is 0 Å². The van der Waals surface area contributed by atoms with E-state index >= 15 is 0 Å². The SMILES string of the molecule is CC=S(C)(=O)Cl. The first-order valence-corrected chi connectivity index (χ1v) is 4.40. The second kappa shape index (κ2) is 1.85. The topological polar surface area (TPSA) is 17.1 Å². The first kappa shape index (κ1) is 6.31. The maximum atomic E-state index is 10.3. The Balaban J connectivity index is 4.24. The predicted molar refractivity (Wildman–Crippen MR) is 31.7 cm³/mol. The molecular formula is C3H7ClOS.